The summed E-state index contributed by atoms with van der Waals surface area (Å²) in [4.78, 5) is 12.1. The normalized spacial score (nSPS) is 14.1. The zero-order chi connectivity index (χ0) is 15.0. The summed E-state index contributed by atoms with van der Waals surface area (Å²) in [7, 11) is 0. The Labute approximate surface area is 127 Å². The van der Waals surface area contributed by atoms with E-state index in [1.165, 1.54) is 5.56 Å². The van der Waals surface area contributed by atoms with E-state index < -0.39 is 0 Å². The number of hydrogen-bond donors (Lipinski definition) is 3. The van der Waals surface area contributed by atoms with Gasteiger partial charge < -0.3 is 11.1 Å². The molecule has 0 aliphatic rings. The maximum atomic E-state index is 12.1. The van der Waals surface area contributed by atoms with Crippen molar-refractivity contribution in [1.82, 2.24) is 5.32 Å². The lowest BCUT2D eigenvalue weighted by atomic mass is 9.98. The van der Waals surface area contributed by atoms with Gasteiger partial charge in [0, 0.05) is 24.3 Å². The van der Waals surface area contributed by atoms with E-state index in [2.05, 4.69) is 43.9 Å². The van der Waals surface area contributed by atoms with E-state index in [4.69, 9.17) is 5.73 Å². The molecule has 0 fully saturated rings. The first kappa shape index (κ1) is 17.1. The van der Waals surface area contributed by atoms with Gasteiger partial charge in [0.1, 0.15) is 0 Å². The van der Waals surface area contributed by atoms with Crippen LogP contribution in [0.5, 0.6) is 0 Å². The molecule has 20 heavy (non-hydrogen) atoms. The lowest BCUT2D eigenvalue weighted by Crippen LogP contribution is -2.41. The van der Waals surface area contributed by atoms with Crippen molar-refractivity contribution in [1.29, 1.82) is 0 Å². The van der Waals surface area contributed by atoms with E-state index >= 15 is 0 Å². The van der Waals surface area contributed by atoms with Crippen LogP contribution in [-0.2, 0) is 11.2 Å². The molecule has 4 heteroatoms. The van der Waals surface area contributed by atoms with Crippen molar-refractivity contribution in [2.24, 2.45) is 17.6 Å². The van der Waals surface area contributed by atoms with Gasteiger partial charge in [0.25, 0.3) is 0 Å². The van der Waals surface area contributed by atoms with Crippen molar-refractivity contribution in [3.63, 3.8) is 0 Å². The molecule has 0 radical (unpaired) electrons. The topological polar surface area (TPSA) is 55.1 Å². The van der Waals surface area contributed by atoms with E-state index in [0.29, 0.717) is 18.2 Å². The molecule has 0 saturated carbocycles. The highest BCUT2D eigenvalue weighted by Gasteiger charge is 2.18. The van der Waals surface area contributed by atoms with E-state index in [1.807, 2.05) is 18.2 Å². The predicted octanol–water partition coefficient (Wildman–Crippen LogP) is 2.26. The van der Waals surface area contributed by atoms with Crippen molar-refractivity contribution < 1.29 is 4.79 Å². The monoisotopic (exact) mass is 294 g/mol. The van der Waals surface area contributed by atoms with Crippen LogP contribution < -0.4 is 11.1 Å². The van der Waals surface area contributed by atoms with Crippen LogP contribution in [0.25, 0.3) is 0 Å². The molecule has 0 bridgehead atoms. The number of amides is 1. The summed E-state index contributed by atoms with van der Waals surface area (Å²) >= 11 is 4.26. The lowest BCUT2D eigenvalue weighted by molar-refractivity contribution is -0.124. The highest BCUT2D eigenvalue weighted by atomic mass is 32.1. The first-order valence-electron chi connectivity index (χ1n) is 7.21. The van der Waals surface area contributed by atoms with Crippen molar-refractivity contribution in [2.75, 3.05) is 12.3 Å². The Bertz CT molecular complexity index is 395. The zero-order valence-corrected chi connectivity index (χ0v) is 13.3. The van der Waals surface area contributed by atoms with Crippen LogP contribution in [0.15, 0.2) is 30.3 Å². The third-order valence-corrected chi connectivity index (χ3v) is 3.67. The molecule has 3 N–H and O–H groups in total. The Morgan fingerprint density at radius 1 is 1.30 bits per heavy atom. The Hall–Kier alpha value is -1.00. The molecular weight excluding hydrogens is 268 g/mol. The largest absolute Gasteiger partial charge is 0.354 e. The summed E-state index contributed by atoms with van der Waals surface area (Å²) < 4.78 is 0. The van der Waals surface area contributed by atoms with Crippen molar-refractivity contribution in [2.45, 2.75) is 32.7 Å². The van der Waals surface area contributed by atoms with Gasteiger partial charge in [-0.25, -0.2) is 0 Å². The SMILES string of the molecule is CC(C)CC(CS)C(=O)NC[C@@H](N)Cc1ccccc1. The molecule has 0 aliphatic heterocycles. The number of carbonyl (C=O) groups excluding carboxylic acids is 1. The summed E-state index contributed by atoms with van der Waals surface area (Å²) in [5.74, 6) is 1.12. The van der Waals surface area contributed by atoms with Crippen molar-refractivity contribution in [3.05, 3.63) is 35.9 Å². The van der Waals surface area contributed by atoms with E-state index in [1.54, 1.807) is 0 Å². The molecule has 1 aromatic carbocycles. The van der Waals surface area contributed by atoms with Crippen molar-refractivity contribution >= 4 is 18.5 Å². The van der Waals surface area contributed by atoms with Crippen LogP contribution in [0.1, 0.15) is 25.8 Å². The Morgan fingerprint density at radius 2 is 1.95 bits per heavy atom. The molecule has 2 atom stereocenters. The quantitative estimate of drug-likeness (QED) is 0.644. The summed E-state index contributed by atoms with van der Waals surface area (Å²) in [6.07, 6.45) is 1.64. The van der Waals surface area contributed by atoms with E-state index in [9.17, 15) is 4.79 Å². The number of rotatable bonds is 8. The summed E-state index contributed by atoms with van der Waals surface area (Å²) in [5.41, 5.74) is 7.26. The minimum atomic E-state index is -0.0547. The van der Waals surface area contributed by atoms with Crippen LogP contribution in [0.3, 0.4) is 0 Å². The molecule has 0 aromatic heterocycles. The minimum absolute atomic E-state index is 0.0257. The lowest BCUT2D eigenvalue weighted by Gasteiger charge is -2.18. The number of nitrogens with one attached hydrogen (secondary N) is 1. The van der Waals surface area contributed by atoms with Gasteiger partial charge in [0.15, 0.2) is 0 Å². The number of carbonyl (C=O) groups is 1. The van der Waals surface area contributed by atoms with Gasteiger partial charge in [0.05, 0.1) is 0 Å². The molecule has 0 spiro atoms. The standard InChI is InChI=1S/C16H26N2OS/c1-12(2)8-14(11-20)16(19)18-10-15(17)9-13-6-4-3-5-7-13/h3-7,12,14-15,20H,8-11,17H2,1-2H3,(H,18,19)/t14?,15-/m0/s1. The summed E-state index contributed by atoms with van der Waals surface area (Å²) in [5, 5.41) is 2.95. The number of benzene rings is 1. The Kier molecular flexibility index (Phi) is 7.70. The Balaban J connectivity index is 2.36. The fourth-order valence-electron chi connectivity index (χ4n) is 2.20. The maximum absolute atomic E-state index is 12.1. The van der Waals surface area contributed by atoms with Gasteiger partial charge in [-0.1, -0.05) is 44.2 Å². The summed E-state index contributed by atoms with van der Waals surface area (Å²) in [6, 6.07) is 10.0. The molecular formula is C16H26N2OS. The number of hydrogen-bond acceptors (Lipinski definition) is 3. The third-order valence-electron chi connectivity index (χ3n) is 3.23. The van der Waals surface area contributed by atoms with Crippen LogP contribution in [0.2, 0.25) is 0 Å². The molecule has 1 unspecified atom stereocenters. The second kappa shape index (κ2) is 9.03. The fraction of sp³-hybridized carbons (Fsp3) is 0.562. The van der Waals surface area contributed by atoms with Crippen LogP contribution in [0, 0.1) is 11.8 Å². The first-order valence-corrected chi connectivity index (χ1v) is 7.84. The van der Waals surface area contributed by atoms with Crippen LogP contribution in [0.4, 0.5) is 0 Å². The van der Waals surface area contributed by atoms with Gasteiger partial charge in [-0.05, 0) is 24.3 Å². The van der Waals surface area contributed by atoms with Gasteiger partial charge in [-0.2, -0.15) is 12.6 Å². The minimum Gasteiger partial charge on any atom is -0.354 e. The van der Waals surface area contributed by atoms with Crippen molar-refractivity contribution in [3.8, 4) is 0 Å². The zero-order valence-electron chi connectivity index (χ0n) is 12.4. The third kappa shape index (κ3) is 6.44. The highest BCUT2D eigenvalue weighted by molar-refractivity contribution is 7.80. The van der Waals surface area contributed by atoms with E-state index in [0.717, 1.165) is 12.8 Å². The van der Waals surface area contributed by atoms with Gasteiger partial charge in [0.2, 0.25) is 5.91 Å². The molecule has 0 saturated heterocycles. The molecule has 1 aromatic rings. The first-order chi connectivity index (χ1) is 9.52. The fourth-order valence-corrected chi connectivity index (χ4v) is 2.51. The van der Waals surface area contributed by atoms with Gasteiger partial charge in [-0.15, -0.1) is 0 Å². The molecule has 0 heterocycles. The second-order valence-corrected chi connectivity index (χ2v) is 6.07. The highest BCUT2D eigenvalue weighted by Crippen LogP contribution is 2.13. The second-order valence-electron chi connectivity index (χ2n) is 5.70. The maximum Gasteiger partial charge on any atom is 0.223 e. The number of thiol groups is 1. The average Bonchev–Trinajstić information content (AvgIpc) is 2.43. The van der Waals surface area contributed by atoms with Gasteiger partial charge >= 0.3 is 0 Å². The van der Waals surface area contributed by atoms with E-state index in [-0.39, 0.29) is 17.9 Å². The predicted molar refractivity (Wildman–Crippen MR) is 87.9 cm³/mol. The van der Waals surface area contributed by atoms with Crippen LogP contribution >= 0.6 is 12.6 Å². The van der Waals surface area contributed by atoms with Crippen LogP contribution in [-0.4, -0.2) is 24.2 Å². The Morgan fingerprint density at radius 3 is 2.50 bits per heavy atom. The van der Waals surface area contributed by atoms with Gasteiger partial charge in [-0.3, -0.25) is 4.79 Å². The molecule has 1 amide bonds. The molecule has 0 aliphatic carbocycles. The molecule has 3 nitrogen and oxygen atoms in total. The smallest absolute Gasteiger partial charge is 0.223 e. The molecule has 1 rings (SSSR count). The number of nitrogens with two attached hydrogens (primary N) is 1. The molecule has 112 valence electrons. The summed E-state index contributed by atoms with van der Waals surface area (Å²) in [6.45, 7) is 4.74. The average molecular weight is 294 g/mol.